The van der Waals surface area contributed by atoms with Crippen molar-refractivity contribution in [1.29, 1.82) is 0 Å². The molecule has 2 aromatic heterocycles. The summed E-state index contributed by atoms with van der Waals surface area (Å²) >= 11 is 0. The molecule has 1 N–H and O–H groups in total. The smallest absolute Gasteiger partial charge is 0.257 e. The van der Waals surface area contributed by atoms with E-state index >= 15 is 0 Å². The molecule has 1 saturated heterocycles. The largest absolute Gasteiger partial charge is 0.322 e. The van der Waals surface area contributed by atoms with Crippen molar-refractivity contribution in [3.05, 3.63) is 77.4 Å². The second-order valence-electron chi connectivity index (χ2n) is 8.19. The van der Waals surface area contributed by atoms with Crippen LogP contribution < -0.4 is 5.32 Å². The van der Waals surface area contributed by atoms with Crippen LogP contribution in [0.15, 0.2) is 54.9 Å². The highest BCUT2D eigenvalue weighted by molar-refractivity contribution is 6.05. The van der Waals surface area contributed by atoms with Crippen molar-refractivity contribution < 1.29 is 4.79 Å². The normalized spacial score (nSPS) is 15.2. The number of benzene rings is 1. The molecule has 1 fully saturated rings. The van der Waals surface area contributed by atoms with Gasteiger partial charge >= 0.3 is 0 Å². The minimum absolute atomic E-state index is 0.0910. The molecule has 3 aromatic rings. The van der Waals surface area contributed by atoms with Crippen molar-refractivity contribution in [2.24, 2.45) is 0 Å². The molecule has 1 aliphatic rings. The third-order valence-corrected chi connectivity index (χ3v) is 6.11. The summed E-state index contributed by atoms with van der Waals surface area (Å²) in [7, 11) is 0. The molecule has 0 spiro atoms. The van der Waals surface area contributed by atoms with Crippen LogP contribution in [0.5, 0.6) is 0 Å². The van der Waals surface area contributed by atoms with Crippen molar-refractivity contribution in [1.82, 2.24) is 19.4 Å². The Kier molecular flexibility index (Phi) is 6.49. The van der Waals surface area contributed by atoms with Crippen LogP contribution in [-0.2, 0) is 6.54 Å². The first kappa shape index (κ1) is 21.3. The maximum atomic E-state index is 12.9. The van der Waals surface area contributed by atoms with Gasteiger partial charge in [0.15, 0.2) is 0 Å². The SMILES string of the molecule is CCN1CCN(Cc2ccc(NC(=O)c3cc(C)n(-c4cccnc4)c3C)cc2)CC1. The molecule has 0 saturated carbocycles. The van der Waals surface area contributed by atoms with Crippen molar-refractivity contribution in [2.45, 2.75) is 27.3 Å². The number of carbonyl (C=O) groups is 1. The molecule has 1 amide bonds. The summed E-state index contributed by atoms with van der Waals surface area (Å²) < 4.78 is 2.06. The van der Waals surface area contributed by atoms with E-state index in [-0.39, 0.29) is 5.91 Å². The van der Waals surface area contributed by atoms with Crippen LogP contribution in [0.4, 0.5) is 5.69 Å². The maximum Gasteiger partial charge on any atom is 0.257 e. The Morgan fingerprint density at radius 3 is 2.39 bits per heavy atom. The third kappa shape index (κ3) is 4.86. The van der Waals surface area contributed by atoms with Crippen LogP contribution in [-0.4, -0.2) is 58.0 Å². The minimum Gasteiger partial charge on any atom is -0.322 e. The second kappa shape index (κ2) is 9.45. The van der Waals surface area contributed by atoms with Gasteiger partial charge < -0.3 is 14.8 Å². The number of anilines is 1. The van der Waals surface area contributed by atoms with Gasteiger partial charge in [-0.1, -0.05) is 19.1 Å². The first-order chi connectivity index (χ1) is 15.0. The Labute approximate surface area is 184 Å². The fourth-order valence-electron chi connectivity index (χ4n) is 4.29. The zero-order valence-electron chi connectivity index (χ0n) is 18.6. The Balaban J connectivity index is 1.40. The number of hydrogen-bond donors (Lipinski definition) is 1. The van der Waals surface area contributed by atoms with E-state index in [1.165, 1.54) is 5.56 Å². The highest BCUT2D eigenvalue weighted by atomic mass is 16.1. The van der Waals surface area contributed by atoms with E-state index in [4.69, 9.17) is 0 Å². The Morgan fingerprint density at radius 1 is 1.03 bits per heavy atom. The molecule has 1 aliphatic heterocycles. The van der Waals surface area contributed by atoms with E-state index in [2.05, 4.69) is 43.7 Å². The number of pyridine rings is 1. The van der Waals surface area contributed by atoms with Crippen LogP contribution in [0.2, 0.25) is 0 Å². The van der Waals surface area contributed by atoms with Gasteiger partial charge in [0.25, 0.3) is 5.91 Å². The van der Waals surface area contributed by atoms with Gasteiger partial charge in [0.2, 0.25) is 0 Å². The lowest BCUT2D eigenvalue weighted by Gasteiger charge is -2.34. The van der Waals surface area contributed by atoms with Crippen molar-refractivity contribution in [3.63, 3.8) is 0 Å². The molecule has 3 heterocycles. The molecule has 0 unspecified atom stereocenters. The molecule has 0 aliphatic carbocycles. The van der Waals surface area contributed by atoms with Gasteiger partial charge in [0, 0.05) is 56.0 Å². The number of nitrogens with one attached hydrogen (secondary N) is 1. The Bertz CT molecular complexity index is 1020. The van der Waals surface area contributed by atoms with Gasteiger partial charge in [-0.2, -0.15) is 0 Å². The predicted molar refractivity (Wildman–Crippen MR) is 125 cm³/mol. The fourth-order valence-corrected chi connectivity index (χ4v) is 4.29. The molecule has 0 atom stereocenters. The van der Waals surface area contributed by atoms with Gasteiger partial charge in [-0.05, 0) is 56.3 Å². The van der Waals surface area contributed by atoms with Crippen LogP contribution >= 0.6 is 0 Å². The van der Waals surface area contributed by atoms with E-state index in [1.54, 1.807) is 6.20 Å². The minimum atomic E-state index is -0.0910. The number of carbonyl (C=O) groups excluding carboxylic acids is 1. The van der Waals surface area contributed by atoms with E-state index in [9.17, 15) is 4.79 Å². The van der Waals surface area contributed by atoms with Crippen molar-refractivity contribution >= 4 is 11.6 Å². The monoisotopic (exact) mass is 417 g/mol. The van der Waals surface area contributed by atoms with Gasteiger partial charge in [-0.25, -0.2) is 0 Å². The van der Waals surface area contributed by atoms with Crippen LogP contribution in [0, 0.1) is 13.8 Å². The van der Waals surface area contributed by atoms with Crippen LogP contribution in [0.3, 0.4) is 0 Å². The van der Waals surface area contributed by atoms with E-state index < -0.39 is 0 Å². The lowest BCUT2D eigenvalue weighted by atomic mass is 10.1. The molecule has 162 valence electrons. The Morgan fingerprint density at radius 2 is 1.74 bits per heavy atom. The lowest BCUT2D eigenvalue weighted by Crippen LogP contribution is -2.45. The molecule has 4 rings (SSSR count). The third-order valence-electron chi connectivity index (χ3n) is 6.11. The quantitative estimate of drug-likeness (QED) is 0.661. The Hall–Kier alpha value is -2.96. The van der Waals surface area contributed by atoms with E-state index in [0.29, 0.717) is 5.56 Å². The number of nitrogens with zero attached hydrogens (tertiary/aromatic N) is 4. The summed E-state index contributed by atoms with van der Waals surface area (Å²) in [5.74, 6) is -0.0910. The summed E-state index contributed by atoms with van der Waals surface area (Å²) in [6.45, 7) is 12.8. The summed E-state index contributed by atoms with van der Waals surface area (Å²) in [6, 6.07) is 14.0. The molecule has 1 aromatic carbocycles. The molecule has 0 radical (unpaired) electrons. The zero-order valence-corrected chi connectivity index (χ0v) is 18.6. The molecule has 0 bridgehead atoms. The number of piperazine rings is 1. The van der Waals surface area contributed by atoms with Gasteiger partial charge in [0.1, 0.15) is 0 Å². The average Bonchev–Trinajstić information content (AvgIpc) is 3.10. The molecular formula is C25H31N5O. The topological polar surface area (TPSA) is 53.4 Å². The number of likely N-dealkylation sites (N-methyl/N-ethyl adjacent to an activating group) is 1. The van der Waals surface area contributed by atoms with Gasteiger partial charge in [-0.15, -0.1) is 0 Å². The van der Waals surface area contributed by atoms with Gasteiger partial charge in [-0.3, -0.25) is 14.7 Å². The molecule has 31 heavy (non-hydrogen) atoms. The average molecular weight is 418 g/mol. The highest BCUT2D eigenvalue weighted by Crippen LogP contribution is 2.22. The first-order valence-electron chi connectivity index (χ1n) is 11.0. The first-order valence-corrected chi connectivity index (χ1v) is 11.0. The maximum absolute atomic E-state index is 12.9. The van der Waals surface area contributed by atoms with E-state index in [1.807, 2.05) is 50.4 Å². The number of aromatic nitrogens is 2. The fraction of sp³-hybridized carbons (Fsp3) is 0.360. The summed E-state index contributed by atoms with van der Waals surface area (Å²) in [4.78, 5) is 22.1. The number of hydrogen-bond acceptors (Lipinski definition) is 4. The summed E-state index contributed by atoms with van der Waals surface area (Å²) in [5.41, 5.74) is 5.65. The predicted octanol–water partition coefficient (Wildman–Crippen LogP) is 3.88. The number of amides is 1. The van der Waals surface area contributed by atoms with Crippen LogP contribution in [0.1, 0.15) is 34.2 Å². The van der Waals surface area contributed by atoms with Crippen molar-refractivity contribution in [2.75, 3.05) is 38.0 Å². The molecule has 6 heteroatoms. The number of aryl methyl sites for hydroxylation is 1. The zero-order chi connectivity index (χ0) is 21.8. The summed E-state index contributed by atoms with van der Waals surface area (Å²) in [5, 5.41) is 3.05. The van der Waals surface area contributed by atoms with E-state index in [0.717, 1.165) is 62.0 Å². The van der Waals surface area contributed by atoms with Gasteiger partial charge in [0.05, 0.1) is 17.4 Å². The number of rotatable bonds is 6. The highest BCUT2D eigenvalue weighted by Gasteiger charge is 2.18. The van der Waals surface area contributed by atoms with Crippen molar-refractivity contribution in [3.8, 4) is 5.69 Å². The van der Waals surface area contributed by atoms with Crippen LogP contribution in [0.25, 0.3) is 5.69 Å². The molecular weight excluding hydrogens is 386 g/mol. The summed E-state index contributed by atoms with van der Waals surface area (Å²) in [6.07, 6.45) is 3.56. The lowest BCUT2D eigenvalue weighted by molar-refractivity contribution is 0.102. The molecule has 6 nitrogen and oxygen atoms in total. The second-order valence-corrected chi connectivity index (χ2v) is 8.19. The standard InChI is InChI=1S/C25H31N5O/c1-4-28-12-14-29(15-13-28)18-21-7-9-22(10-8-21)27-25(31)24-16-19(2)30(20(24)3)23-6-5-11-26-17-23/h5-11,16-17H,4,12-15,18H2,1-3H3,(H,27,31).